The molecule has 2 heterocycles. The number of aryl methyl sites for hydroxylation is 2. The summed E-state index contributed by atoms with van der Waals surface area (Å²) in [5.74, 6) is 0.168. The summed E-state index contributed by atoms with van der Waals surface area (Å²) in [5, 5.41) is 13.4. The number of rotatable bonds is 2. The lowest BCUT2D eigenvalue weighted by Crippen LogP contribution is -2.01. The quantitative estimate of drug-likeness (QED) is 0.758. The fraction of sp³-hybridized carbons (Fsp3) is 0.154. The Labute approximate surface area is 108 Å². The Balaban J connectivity index is 2.29. The van der Waals surface area contributed by atoms with Crippen molar-refractivity contribution in [2.24, 2.45) is 7.05 Å². The van der Waals surface area contributed by atoms with Crippen molar-refractivity contribution in [3.8, 4) is 11.4 Å². The van der Waals surface area contributed by atoms with Crippen molar-refractivity contribution in [3.63, 3.8) is 0 Å². The summed E-state index contributed by atoms with van der Waals surface area (Å²) in [5.41, 5.74) is 2.10. The number of carboxylic acids is 1. The van der Waals surface area contributed by atoms with Gasteiger partial charge in [-0.3, -0.25) is 4.57 Å². The van der Waals surface area contributed by atoms with E-state index in [4.69, 9.17) is 5.11 Å². The van der Waals surface area contributed by atoms with Crippen molar-refractivity contribution in [1.82, 2.24) is 19.2 Å². The number of benzene rings is 1. The van der Waals surface area contributed by atoms with Gasteiger partial charge in [-0.1, -0.05) is 24.3 Å². The van der Waals surface area contributed by atoms with Gasteiger partial charge in [-0.2, -0.15) is 4.52 Å². The minimum Gasteiger partial charge on any atom is -0.476 e. The van der Waals surface area contributed by atoms with Crippen molar-refractivity contribution >= 4 is 11.7 Å². The Morgan fingerprint density at radius 1 is 1.32 bits per heavy atom. The van der Waals surface area contributed by atoms with E-state index in [1.165, 1.54) is 10.7 Å². The zero-order valence-corrected chi connectivity index (χ0v) is 10.5. The zero-order valence-electron chi connectivity index (χ0n) is 10.5. The average Bonchev–Trinajstić information content (AvgIpc) is 2.91. The smallest absolute Gasteiger partial charge is 0.356 e. The first-order valence-corrected chi connectivity index (χ1v) is 5.79. The van der Waals surface area contributed by atoms with Crippen LogP contribution in [0.2, 0.25) is 0 Å². The largest absolute Gasteiger partial charge is 0.476 e. The maximum Gasteiger partial charge on any atom is 0.356 e. The van der Waals surface area contributed by atoms with Crippen LogP contribution in [0.25, 0.3) is 17.2 Å². The van der Waals surface area contributed by atoms with Crippen molar-refractivity contribution < 1.29 is 9.90 Å². The van der Waals surface area contributed by atoms with E-state index < -0.39 is 5.97 Å². The summed E-state index contributed by atoms with van der Waals surface area (Å²) in [6.45, 7) is 1.99. The lowest BCUT2D eigenvalue weighted by atomic mass is 10.1. The van der Waals surface area contributed by atoms with E-state index in [1.807, 2.05) is 38.2 Å². The molecular formula is C13H12N4O2. The summed E-state index contributed by atoms with van der Waals surface area (Å²) >= 11 is 0. The van der Waals surface area contributed by atoms with Gasteiger partial charge in [-0.15, -0.1) is 5.10 Å². The van der Waals surface area contributed by atoms with Crippen LogP contribution in [-0.2, 0) is 7.05 Å². The molecule has 0 aliphatic heterocycles. The maximum absolute atomic E-state index is 11.1. The number of carboxylic acid groups (broad SMARTS) is 1. The van der Waals surface area contributed by atoms with Crippen LogP contribution in [-0.4, -0.2) is 30.2 Å². The highest BCUT2D eigenvalue weighted by atomic mass is 16.4. The van der Waals surface area contributed by atoms with Gasteiger partial charge in [0.05, 0.1) is 6.20 Å². The molecule has 6 nitrogen and oxygen atoms in total. The number of carbonyl (C=O) groups is 1. The van der Waals surface area contributed by atoms with Crippen molar-refractivity contribution in [2.45, 2.75) is 6.92 Å². The molecule has 0 radical (unpaired) electrons. The van der Waals surface area contributed by atoms with Crippen LogP contribution >= 0.6 is 0 Å². The van der Waals surface area contributed by atoms with Gasteiger partial charge in [-0.25, -0.2) is 9.78 Å². The molecule has 0 amide bonds. The number of nitrogens with zero attached hydrogens (tertiary/aromatic N) is 4. The molecule has 0 aliphatic rings. The van der Waals surface area contributed by atoms with Crippen LogP contribution < -0.4 is 0 Å². The minimum absolute atomic E-state index is 0.0606. The Hall–Kier alpha value is -2.63. The molecule has 0 bridgehead atoms. The van der Waals surface area contributed by atoms with E-state index >= 15 is 0 Å². The molecule has 0 unspecified atom stereocenters. The lowest BCUT2D eigenvalue weighted by Gasteiger charge is -2.03. The van der Waals surface area contributed by atoms with E-state index in [2.05, 4.69) is 10.1 Å². The Morgan fingerprint density at radius 3 is 2.74 bits per heavy atom. The molecule has 1 N–H and O–H groups in total. The van der Waals surface area contributed by atoms with Crippen molar-refractivity contribution in [3.05, 3.63) is 41.7 Å². The summed E-state index contributed by atoms with van der Waals surface area (Å²) in [6.07, 6.45) is 1.31. The predicted octanol–water partition coefficient (Wildman–Crippen LogP) is 1.74. The third-order valence-electron chi connectivity index (χ3n) is 3.14. The van der Waals surface area contributed by atoms with Gasteiger partial charge >= 0.3 is 5.97 Å². The van der Waals surface area contributed by atoms with E-state index in [-0.39, 0.29) is 5.69 Å². The molecule has 3 rings (SSSR count). The lowest BCUT2D eigenvalue weighted by molar-refractivity contribution is 0.0688. The highest BCUT2D eigenvalue weighted by molar-refractivity contribution is 5.86. The number of aromatic nitrogens is 4. The van der Waals surface area contributed by atoms with Crippen LogP contribution in [0.3, 0.4) is 0 Å². The van der Waals surface area contributed by atoms with E-state index in [0.29, 0.717) is 11.6 Å². The predicted molar refractivity (Wildman–Crippen MR) is 69.1 cm³/mol. The third-order valence-corrected chi connectivity index (χ3v) is 3.14. The SMILES string of the molecule is Cc1ccccc1-c1nn2c(C(=O)O)cnc2n1C. The van der Waals surface area contributed by atoms with E-state index in [1.54, 1.807) is 4.57 Å². The molecular weight excluding hydrogens is 244 g/mol. The van der Waals surface area contributed by atoms with Gasteiger partial charge in [-0.05, 0) is 12.5 Å². The molecule has 0 saturated carbocycles. The molecule has 6 heteroatoms. The van der Waals surface area contributed by atoms with Gasteiger partial charge in [0.25, 0.3) is 0 Å². The molecule has 0 aliphatic carbocycles. The maximum atomic E-state index is 11.1. The summed E-state index contributed by atoms with van der Waals surface area (Å²) in [6, 6.07) is 7.83. The number of fused-ring (bicyclic) bond motifs is 1. The normalized spacial score (nSPS) is 11.1. The minimum atomic E-state index is -1.04. The molecule has 96 valence electrons. The molecule has 0 spiro atoms. The van der Waals surface area contributed by atoms with Crippen LogP contribution in [0.15, 0.2) is 30.5 Å². The monoisotopic (exact) mass is 256 g/mol. The van der Waals surface area contributed by atoms with E-state index in [9.17, 15) is 4.79 Å². The van der Waals surface area contributed by atoms with E-state index in [0.717, 1.165) is 11.1 Å². The number of hydrogen-bond donors (Lipinski definition) is 1. The fourth-order valence-electron chi connectivity index (χ4n) is 2.12. The Bertz CT molecular complexity index is 785. The number of imidazole rings is 1. The highest BCUT2D eigenvalue weighted by Crippen LogP contribution is 2.22. The van der Waals surface area contributed by atoms with Crippen molar-refractivity contribution in [1.29, 1.82) is 0 Å². The van der Waals surface area contributed by atoms with Gasteiger partial charge in [0.15, 0.2) is 11.5 Å². The van der Waals surface area contributed by atoms with Crippen LogP contribution in [0.4, 0.5) is 0 Å². The van der Waals surface area contributed by atoms with Gasteiger partial charge in [0, 0.05) is 12.6 Å². The second-order valence-electron chi connectivity index (χ2n) is 4.36. The molecule has 3 aromatic rings. The molecule has 2 aromatic heterocycles. The molecule has 1 aromatic carbocycles. The summed E-state index contributed by atoms with van der Waals surface area (Å²) in [4.78, 5) is 15.2. The fourth-order valence-corrected chi connectivity index (χ4v) is 2.12. The second kappa shape index (κ2) is 3.94. The first-order chi connectivity index (χ1) is 9.09. The van der Waals surface area contributed by atoms with Crippen LogP contribution in [0, 0.1) is 6.92 Å². The van der Waals surface area contributed by atoms with Gasteiger partial charge < -0.3 is 5.11 Å². The first-order valence-electron chi connectivity index (χ1n) is 5.79. The zero-order chi connectivity index (χ0) is 13.6. The molecule has 0 saturated heterocycles. The summed E-state index contributed by atoms with van der Waals surface area (Å²) in [7, 11) is 1.82. The Morgan fingerprint density at radius 2 is 2.05 bits per heavy atom. The molecule has 0 fully saturated rings. The van der Waals surface area contributed by atoms with Gasteiger partial charge in [0.1, 0.15) is 0 Å². The topological polar surface area (TPSA) is 72.4 Å². The van der Waals surface area contributed by atoms with Gasteiger partial charge in [0.2, 0.25) is 5.78 Å². The molecule has 0 atom stereocenters. The Kier molecular flexibility index (Phi) is 2.38. The second-order valence-corrected chi connectivity index (χ2v) is 4.36. The average molecular weight is 256 g/mol. The summed E-state index contributed by atoms with van der Waals surface area (Å²) < 4.78 is 3.14. The first kappa shape index (κ1) is 11.5. The standard InChI is InChI=1S/C13H12N4O2/c1-8-5-3-4-6-9(8)11-15-17-10(12(18)19)7-14-13(17)16(11)2/h3-7H,1-2H3,(H,18,19). The highest BCUT2D eigenvalue weighted by Gasteiger charge is 2.18. The molecule has 19 heavy (non-hydrogen) atoms. The van der Waals surface area contributed by atoms with Crippen LogP contribution in [0.5, 0.6) is 0 Å². The number of hydrogen-bond acceptors (Lipinski definition) is 3. The third kappa shape index (κ3) is 1.61. The van der Waals surface area contributed by atoms with Crippen molar-refractivity contribution in [2.75, 3.05) is 0 Å². The van der Waals surface area contributed by atoms with Crippen LogP contribution in [0.1, 0.15) is 16.1 Å². The number of aromatic carboxylic acids is 1.